The Hall–Kier alpha value is -3.06. The standard InChI is InChI=1S/C20H17BrN2O4/c1-26-18-5-3-15(11-19(18)27-12-13-6-8-22-9-7-13)23-20(25)16-4-2-14(21)10-17(16)24/h2-11,24H,12H2,1H3,(H,23,25). The average molecular weight is 429 g/mol. The number of hydrogen-bond acceptors (Lipinski definition) is 5. The molecule has 2 N–H and O–H groups in total. The van der Waals surface area contributed by atoms with Crippen LogP contribution in [0.1, 0.15) is 15.9 Å². The monoisotopic (exact) mass is 428 g/mol. The van der Waals surface area contributed by atoms with Crippen LogP contribution in [-0.2, 0) is 6.61 Å². The highest BCUT2D eigenvalue weighted by Crippen LogP contribution is 2.31. The van der Waals surface area contributed by atoms with Crippen molar-refractivity contribution in [2.75, 3.05) is 12.4 Å². The van der Waals surface area contributed by atoms with E-state index in [0.717, 1.165) is 5.56 Å². The first-order chi connectivity index (χ1) is 13.1. The lowest BCUT2D eigenvalue weighted by atomic mass is 10.2. The molecule has 7 heteroatoms. The third-order valence-corrected chi connectivity index (χ3v) is 4.26. The molecule has 1 amide bonds. The van der Waals surface area contributed by atoms with Crippen molar-refractivity contribution in [2.45, 2.75) is 6.61 Å². The Labute approximate surface area is 164 Å². The van der Waals surface area contributed by atoms with Crippen molar-refractivity contribution < 1.29 is 19.4 Å². The molecule has 27 heavy (non-hydrogen) atoms. The Kier molecular flexibility index (Phi) is 5.93. The predicted molar refractivity (Wildman–Crippen MR) is 105 cm³/mol. The molecule has 3 aromatic rings. The average Bonchev–Trinajstić information content (AvgIpc) is 2.67. The predicted octanol–water partition coefficient (Wildman–Crippen LogP) is 4.39. The van der Waals surface area contributed by atoms with Crippen molar-refractivity contribution in [1.29, 1.82) is 0 Å². The first kappa shape index (κ1) is 18.7. The summed E-state index contributed by atoms with van der Waals surface area (Å²) in [6.07, 6.45) is 3.38. The summed E-state index contributed by atoms with van der Waals surface area (Å²) in [6.45, 7) is 0.337. The molecule has 0 unspecified atom stereocenters. The molecule has 0 fully saturated rings. The number of nitrogens with one attached hydrogen (secondary N) is 1. The number of aromatic hydroxyl groups is 1. The van der Waals surface area contributed by atoms with Crippen LogP contribution in [0.2, 0.25) is 0 Å². The highest BCUT2D eigenvalue weighted by molar-refractivity contribution is 9.10. The molecule has 0 aliphatic heterocycles. The van der Waals surface area contributed by atoms with Gasteiger partial charge in [-0.3, -0.25) is 9.78 Å². The van der Waals surface area contributed by atoms with E-state index < -0.39 is 5.91 Å². The summed E-state index contributed by atoms with van der Waals surface area (Å²) < 4.78 is 11.8. The summed E-state index contributed by atoms with van der Waals surface area (Å²) in [7, 11) is 1.55. The van der Waals surface area contributed by atoms with Crippen molar-refractivity contribution in [3.63, 3.8) is 0 Å². The summed E-state index contributed by atoms with van der Waals surface area (Å²) in [5.74, 6) is 0.510. The number of ether oxygens (including phenoxy) is 2. The van der Waals surface area contributed by atoms with Gasteiger partial charge in [0.15, 0.2) is 11.5 Å². The van der Waals surface area contributed by atoms with Gasteiger partial charge >= 0.3 is 0 Å². The number of nitrogens with zero attached hydrogens (tertiary/aromatic N) is 1. The smallest absolute Gasteiger partial charge is 0.259 e. The zero-order valence-electron chi connectivity index (χ0n) is 14.5. The molecule has 3 rings (SSSR count). The Morgan fingerprint density at radius 2 is 1.89 bits per heavy atom. The Morgan fingerprint density at radius 1 is 1.11 bits per heavy atom. The van der Waals surface area contributed by atoms with Gasteiger partial charge in [-0.1, -0.05) is 15.9 Å². The molecular formula is C20H17BrN2O4. The molecule has 1 heterocycles. The summed E-state index contributed by atoms with van der Waals surface area (Å²) >= 11 is 3.25. The third-order valence-electron chi connectivity index (χ3n) is 3.77. The molecule has 0 saturated carbocycles. The minimum absolute atomic E-state index is 0.107. The molecule has 0 atom stereocenters. The van der Waals surface area contributed by atoms with E-state index in [4.69, 9.17) is 9.47 Å². The van der Waals surface area contributed by atoms with Crippen molar-refractivity contribution in [3.8, 4) is 17.2 Å². The van der Waals surface area contributed by atoms with Gasteiger partial charge in [0.05, 0.1) is 12.7 Å². The maximum absolute atomic E-state index is 12.4. The largest absolute Gasteiger partial charge is 0.507 e. The molecule has 0 spiro atoms. The molecule has 6 nitrogen and oxygen atoms in total. The van der Waals surface area contributed by atoms with Crippen molar-refractivity contribution >= 4 is 27.5 Å². The fourth-order valence-corrected chi connectivity index (χ4v) is 2.75. The van der Waals surface area contributed by atoms with E-state index in [1.807, 2.05) is 12.1 Å². The Morgan fingerprint density at radius 3 is 2.59 bits per heavy atom. The highest BCUT2D eigenvalue weighted by Gasteiger charge is 2.13. The van der Waals surface area contributed by atoms with Crippen LogP contribution in [0.15, 0.2) is 65.4 Å². The van der Waals surface area contributed by atoms with E-state index in [0.29, 0.717) is 28.3 Å². The van der Waals surface area contributed by atoms with Gasteiger partial charge < -0.3 is 19.9 Å². The molecular weight excluding hydrogens is 412 g/mol. The van der Waals surface area contributed by atoms with E-state index in [-0.39, 0.29) is 11.3 Å². The van der Waals surface area contributed by atoms with Gasteiger partial charge in [-0.25, -0.2) is 0 Å². The summed E-state index contributed by atoms with van der Waals surface area (Å²) in [6, 6.07) is 13.5. The maximum Gasteiger partial charge on any atom is 0.259 e. The number of halogens is 1. The van der Waals surface area contributed by atoms with Gasteiger partial charge in [0, 0.05) is 28.6 Å². The lowest BCUT2D eigenvalue weighted by molar-refractivity contribution is 0.102. The van der Waals surface area contributed by atoms with E-state index in [2.05, 4.69) is 26.2 Å². The van der Waals surface area contributed by atoms with Crippen LogP contribution in [0.4, 0.5) is 5.69 Å². The van der Waals surface area contributed by atoms with Crippen LogP contribution < -0.4 is 14.8 Å². The first-order valence-electron chi connectivity index (χ1n) is 8.06. The van der Waals surface area contributed by atoms with E-state index >= 15 is 0 Å². The number of hydrogen-bond donors (Lipinski definition) is 2. The number of phenols is 1. The van der Waals surface area contributed by atoms with E-state index in [1.165, 1.54) is 6.07 Å². The molecule has 138 valence electrons. The highest BCUT2D eigenvalue weighted by atomic mass is 79.9. The van der Waals surface area contributed by atoms with Crippen LogP contribution >= 0.6 is 15.9 Å². The number of benzene rings is 2. The Bertz CT molecular complexity index is 948. The third kappa shape index (κ3) is 4.77. The minimum Gasteiger partial charge on any atom is -0.507 e. The van der Waals surface area contributed by atoms with Crippen molar-refractivity contribution in [1.82, 2.24) is 4.98 Å². The summed E-state index contributed by atoms with van der Waals surface area (Å²) in [5.41, 5.74) is 1.65. The van der Waals surface area contributed by atoms with Crippen LogP contribution in [0.25, 0.3) is 0 Å². The zero-order valence-corrected chi connectivity index (χ0v) is 16.1. The van der Waals surface area contributed by atoms with Crippen LogP contribution in [0, 0.1) is 0 Å². The van der Waals surface area contributed by atoms with Gasteiger partial charge in [0.1, 0.15) is 12.4 Å². The van der Waals surface area contributed by atoms with Gasteiger partial charge in [0.25, 0.3) is 5.91 Å². The maximum atomic E-state index is 12.4. The fraction of sp³-hybridized carbons (Fsp3) is 0.100. The van der Waals surface area contributed by atoms with Gasteiger partial charge in [-0.2, -0.15) is 0 Å². The summed E-state index contributed by atoms with van der Waals surface area (Å²) in [5, 5.41) is 12.7. The molecule has 0 aliphatic carbocycles. The van der Waals surface area contributed by atoms with E-state index in [9.17, 15) is 9.90 Å². The van der Waals surface area contributed by atoms with Crippen LogP contribution in [0.5, 0.6) is 17.2 Å². The molecule has 0 radical (unpaired) electrons. The van der Waals surface area contributed by atoms with Crippen LogP contribution in [-0.4, -0.2) is 23.1 Å². The quantitative estimate of drug-likeness (QED) is 0.608. The normalized spacial score (nSPS) is 10.3. The molecule has 0 bridgehead atoms. The number of methoxy groups -OCH3 is 1. The van der Waals surface area contributed by atoms with Gasteiger partial charge in [-0.05, 0) is 48.0 Å². The number of rotatable bonds is 6. The number of carbonyl (C=O) groups excluding carboxylic acids is 1. The number of aromatic nitrogens is 1. The number of amides is 1. The first-order valence-corrected chi connectivity index (χ1v) is 8.85. The number of anilines is 1. The van der Waals surface area contributed by atoms with Crippen molar-refractivity contribution in [2.24, 2.45) is 0 Å². The second-order valence-corrected chi connectivity index (χ2v) is 6.54. The zero-order chi connectivity index (χ0) is 19.2. The number of pyridine rings is 1. The fourth-order valence-electron chi connectivity index (χ4n) is 2.40. The lowest BCUT2D eigenvalue weighted by Crippen LogP contribution is -2.12. The topological polar surface area (TPSA) is 80.7 Å². The van der Waals surface area contributed by atoms with Gasteiger partial charge in [-0.15, -0.1) is 0 Å². The van der Waals surface area contributed by atoms with E-state index in [1.54, 1.807) is 49.8 Å². The van der Waals surface area contributed by atoms with Crippen LogP contribution in [0.3, 0.4) is 0 Å². The van der Waals surface area contributed by atoms with Crippen molar-refractivity contribution in [3.05, 3.63) is 76.5 Å². The Balaban J connectivity index is 1.77. The van der Waals surface area contributed by atoms with Gasteiger partial charge in [0.2, 0.25) is 0 Å². The molecule has 2 aromatic carbocycles. The number of phenolic OH excluding ortho intramolecular Hbond substituents is 1. The summed E-state index contributed by atoms with van der Waals surface area (Å²) in [4.78, 5) is 16.4. The molecule has 0 aliphatic rings. The second kappa shape index (κ2) is 8.55. The second-order valence-electron chi connectivity index (χ2n) is 5.63. The lowest BCUT2D eigenvalue weighted by Gasteiger charge is -2.13. The minimum atomic E-state index is -0.426. The SMILES string of the molecule is COc1ccc(NC(=O)c2ccc(Br)cc2O)cc1OCc1ccncc1. The molecule has 0 saturated heterocycles. The molecule has 1 aromatic heterocycles. The number of carbonyl (C=O) groups is 1.